The molecule has 1 amide bonds. The highest BCUT2D eigenvalue weighted by Crippen LogP contribution is 2.45. The number of amides is 1. The molecule has 1 aliphatic heterocycles. The number of aromatic nitrogens is 3. The first-order chi connectivity index (χ1) is 16.2. The summed E-state index contributed by atoms with van der Waals surface area (Å²) >= 11 is 1.56. The van der Waals surface area contributed by atoms with Crippen molar-refractivity contribution in [3.8, 4) is 17.1 Å². The lowest BCUT2D eigenvalue weighted by Gasteiger charge is -2.31. The normalized spacial score (nSPS) is 15.1. The average molecular weight is 477 g/mol. The quantitative estimate of drug-likeness (QED) is 0.393. The summed E-state index contributed by atoms with van der Waals surface area (Å²) in [4.78, 5) is 19.6. The summed E-state index contributed by atoms with van der Waals surface area (Å²) in [5, 5.41) is 9.50. The van der Waals surface area contributed by atoms with Crippen molar-refractivity contribution in [1.82, 2.24) is 15.2 Å². The molecule has 0 saturated carbocycles. The Morgan fingerprint density at radius 3 is 2.41 bits per heavy atom. The van der Waals surface area contributed by atoms with Gasteiger partial charge in [-0.25, -0.2) is 0 Å². The summed E-state index contributed by atoms with van der Waals surface area (Å²) in [6.45, 7) is 14.3. The van der Waals surface area contributed by atoms with E-state index in [4.69, 9.17) is 9.72 Å². The fourth-order valence-corrected chi connectivity index (χ4v) is 4.90. The monoisotopic (exact) mass is 476 g/mol. The smallest absolute Gasteiger partial charge is 0.247 e. The largest absolute Gasteiger partial charge is 0.447 e. The molecule has 7 heteroatoms. The van der Waals surface area contributed by atoms with Gasteiger partial charge >= 0.3 is 0 Å². The van der Waals surface area contributed by atoms with Crippen molar-refractivity contribution >= 4 is 23.4 Å². The highest BCUT2D eigenvalue weighted by atomic mass is 32.2. The zero-order valence-corrected chi connectivity index (χ0v) is 21.7. The van der Waals surface area contributed by atoms with E-state index in [0.717, 1.165) is 33.7 Å². The molecule has 4 rings (SSSR count). The van der Waals surface area contributed by atoms with Crippen molar-refractivity contribution in [1.29, 1.82) is 0 Å². The standard InChI is InChI=1S/C27H32N4O2S/c1-15(2)14-34-27-28-25-23(29-30-27)22-13-17(5)12-18(6)24(22)31(19(7)32)26(33-25)21-10-8-20(9-11-21)16(3)4/h8-13,15-16,26H,14H2,1-7H3/t26-/m0/s1. The zero-order valence-electron chi connectivity index (χ0n) is 20.9. The first-order valence-electron chi connectivity index (χ1n) is 11.7. The molecule has 34 heavy (non-hydrogen) atoms. The van der Waals surface area contributed by atoms with Crippen molar-refractivity contribution in [3.63, 3.8) is 0 Å². The van der Waals surface area contributed by atoms with Gasteiger partial charge in [-0.05, 0) is 42.9 Å². The van der Waals surface area contributed by atoms with E-state index in [1.165, 1.54) is 5.56 Å². The zero-order chi connectivity index (χ0) is 24.6. The van der Waals surface area contributed by atoms with E-state index < -0.39 is 6.23 Å². The van der Waals surface area contributed by atoms with Crippen LogP contribution in [0.3, 0.4) is 0 Å². The van der Waals surface area contributed by atoms with E-state index in [1.54, 1.807) is 23.6 Å². The van der Waals surface area contributed by atoms with Crippen LogP contribution in [-0.4, -0.2) is 26.8 Å². The fourth-order valence-electron chi connectivity index (χ4n) is 4.17. The SMILES string of the molecule is CC(=O)N1c2c(C)cc(C)cc2-c2nnc(SCC(C)C)nc2O[C@H]1c1ccc(C(C)C)cc1. The lowest BCUT2D eigenvalue weighted by molar-refractivity contribution is -0.118. The molecule has 1 aliphatic rings. The van der Waals surface area contributed by atoms with Gasteiger partial charge in [-0.3, -0.25) is 9.69 Å². The number of fused-ring (bicyclic) bond motifs is 3. The second kappa shape index (κ2) is 9.74. The van der Waals surface area contributed by atoms with E-state index in [0.29, 0.717) is 28.6 Å². The lowest BCUT2D eigenvalue weighted by Crippen LogP contribution is -2.36. The van der Waals surface area contributed by atoms with Crippen LogP contribution in [0.25, 0.3) is 11.3 Å². The van der Waals surface area contributed by atoms with Crippen molar-refractivity contribution < 1.29 is 9.53 Å². The summed E-state index contributed by atoms with van der Waals surface area (Å²) in [5.41, 5.74) is 6.32. The van der Waals surface area contributed by atoms with Crippen molar-refractivity contribution in [2.24, 2.45) is 5.92 Å². The fraction of sp³-hybridized carbons (Fsp3) is 0.407. The molecule has 2 aromatic carbocycles. The van der Waals surface area contributed by atoms with Crippen LogP contribution in [0.15, 0.2) is 41.6 Å². The number of rotatable bonds is 5. The third-order valence-electron chi connectivity index (χ3n) is 5.81. The molecule has 0 unspecified atom stereocenters. The maximum Gasteiger partial charge on any atom is 0.247 e. The molecule has 3 aromatic rings. The predicted octanol–water partition coefficient (Wildman–Crippen LogP) is 6.47. The van der Waals surface area contributed by atoms with Crippen LogP contribution in [0.1, 0.15) is 69.0 Å². The van der Waals surface area contributed by atoms with Gasteiger partial charge in [-0.15, -0.1) is 10.2 Å². The Hall–Kier alpha value is -2.93. The number of carbonyl (C=O) groups excluding carboxylic acids is 1. The first-order valence-corrected chi connectivity index (χ1v) is 12.7. The first kappa shape index (κ1) is 24.2. The minimum Gasteiger partial charge on any atom is -0.447 e. The molecule has 0 saturated heterocycles. The van der Waals surface area contributed by atoms with Crippen molar-refractivity contribution in [2.45, 2.75) is 65.8 Å². The van der Waals surface area contributed by atoms with Crippen LogP contribution in [0.5, 0.6) is 5.88 Å². The Labute approximate surface area is 206 Å². The number of thioether (sulfide) groups is 1. The van der Waals surface area contributed by atoms with Crippen LogP contribution in [0.2, 0.25) is 0 Å². The number of nitrogens with zero attached hydrogens (tertiary/aromatic N) is 4. The summed E-state index contributed by atoms with van der Waals surface area (Å²) in [6.07, 6.45) is -0.667. The molecule has 178 valence electrons. The van der Waals surface area contributed by atoms with Crippen LogP contribution in [-0.2, 0) is 4.79 Å². The van der Waals surface area contributed by atoms with Gasteiger partial charge < -0.3 is 4.74 Å². The van der Waals surface area contributed by atoms with Gasteiger partial charge in [0.05, 0.1) is 5.69 Å². The van der Waals surface area contributed by atoms with Gasteiger partial charge in [-0.2, -0.15) is 4.98 Å². The molecule has 0 spiro atoms. The van der Waals surface area contributed by atoms with Crippen molar-refractivity contribution in [3.05, 3.63) is 58.7 Å². The topological polar surface area (TPSA) is 68.2 Å². The summed E-state index contributed by atoms with van der Waals surface area (Å²) in [5.74, 6) is 2.09. The van der Waals surface area contributed by atoms with Crippen LogP contribution >= 0.6 is 11.8 Å². The average Bonchev–Trinajstić information content (AvgIpc) is 2.92. The van der Waals surface area contributed by atoms with Gasteiger partial charge in [0.2, 0.25) is 23.2 Å². The molecule has 0 aliphatic carbocycles. The molecule has 1 atom stereocenters. The van der Waals surface area contributed by atoms with E-state index in [-0.39, 0.29) is 5.91 Å². The van der Waals surface area contributed by atoms with Gasteiger partial charge in [0.25, 0.3) is 0 Å². The second-order valence-electron chi connectivity index (χ2n) is 9.61. The Bertz CT molecular complexity index is 1210. The highest BCUT2D eigenvalue weighted by Gasteiger charge is 2.36. The minimum atomic E-state index is -0.667. The Morgan fingerprint density at radius 1 is 1.09 bits per heavy atom. The minimum absolute atomic E-state index is 0.110. The van der Waals surface area contributed by atoms with Crippen LogP contribution in [0.4, 0.5) is 5.69 Å². The third-order valence-corrected chi connectivity index (χ3v) is 7.07. The van der Waals surface area contributed by atoms with Crippen LogP contribution < -0.4 is 9.64 Å². The predicted molar refractivity (Wildman–Crippen MR) is 137 cm³/mol. The Kier molecular flexibility index (Phi) is 6.94. The van der Waals surface area contributed by atoms with E-state index in [9.17, 15) is 4.79 Å². The van der Waals surface area contributed by atoms with Crippen LogP contribution in [0, 0.1) is 19.8 Å². The highest BCUT2D eigenvalue weighted by molar-refractivity contribution is 7.99. The molecule has 0 N–H and O–H groups in total. The number of benzene rings is 2. The molecule has 1 aromatic heterocycles. The van der Waals surface area contributed by atoms with E-state index in [1.807, 2.05) is 32.0 Å². The Balaban J connectivity index is 1.91. The number of carbonyl (C=O) groups is 1. The third kappa shape index (κ3) is 4.80. The molecule has 2 heterocycles. The molecule has 0 fully saturated rings. The van der Waals surface area contributed by atoms with E-state index >= 15 is 0 Å². The summed E-state index contributed by atoms with van der Waals surface area (Å²) in [6, 6.07) is 12.4. The van der Waals surface area contributed by atoms with Crippen molar-refractivity contribution in [2.75, 3.05) is 10.7 Å². The molecule has 0 bridgehead atoms. The molecular formula is C27H32N4O2S. The number of hydrogen-bond donors (Lipinski definition) is 0. The van der Waals surface area contributed by atoms with Gasteiger partial charge in [-0.1, -0.05) is 75.4 Å². The lowest BCUT2D eigenvalue weighted by atomic mass is 9.99. The maximum atomic E-state index is 13.1. The Morgan fingerprint density at radius 2 is 1.79 bits per heavy atom. The van der Waals surface area contributed by atoms with Gasteiger partial charge in [0, 0.05) is 23.8 Å². The van der Waals surface area contributed by atoms with Gasteiger partial charge in [0.1, 0.15) is 0 Å². The number of ether oxygens (including phenoxy) is 1. The number of hydrogen-bond acceptors (Lipinski definition) is 6. The molecule has 0 radical (unpaired) electrons. The van der Waals surface area contributed by atoms with E-state index in [2.05, 4.69) is 56.1 Å². The molecular weight excluding hydrogens is 444 g/mol. The number of aryl methyl sites for hydroxylation is 2. The number of anilines is 1. The summed E-state index contributed by atoms with van der Waals surface area (Å²) in [7, 11) is 0. The maximum absolute atomic E-state index is 13.1. The van der Waals surface area contributed by atoms with Gasteiger partial charge in [0.15, 0.2) is 5.69 Å². The summed E-state index contributed by atoms with van der Waals surface area (Å²) < 4.78 is 6.52. The molecule has 6 nitrogen and oxygen atoms in total. The second-order valence-corrected chi connectivity index (χ2v) is 10.6.